The van der Waals surface area contributed by atoms with Crippen molar-refractivity contribution in [1.29, 1.82) is 0 Å². The van der Waals surface area contributed by atoms with Gasteiger partial charge in [0.05, 0.1) is 19.8 Å². The van der Waals surface area contributed by atoms with Crippen LogP contribution in [-0.4, -0.2) is 26.0 Å². The zero-order valence-corrected chi connectivity index (χ0v) is 17.4. The topological polar surface area (TPSA) is 71.1 Å². The number of hydrogen-bond acceptors (Lipinski definition) is 6. The predicted octanol–water partition coefficient (Wildman–Crippen LogP) is 5.19. The number of methoxy groups -OCH3 is 2. The second-order valence-electron chi connectivity index (χ2n) is 6.58. The third-order valence-electron chi connectivity index (χ3n) is 4.65. The van der Waals surface area contributed by atoms with Gasteiger partial charge in [-0.25, -0.2) is 4.79 Å². The quantitative estimate of drug-likeness (QED) is 0.311. The zero-order valence-electron chi connectivity index (χ0n) is 16.7. The number of fused-ring (bicyclic) bond motifs is 1. The van der Waals surface area contributed by atoms with Gasteiger partial charge in [0, 0.05) is 11.1 Å². The van der Waals surface area contributed by atoms with Crippen LogP contribution >= 0.6 is 11.6 Å². The van der Waals surface area contributed by atoms with Crippen LogP contribution in [0.25, 0.3) is 6.08 Å². The number of carbonyl (C=O) groups excluding carboxylic acids is 2. The molecule has 6 nitrogen and oxygen atoms in total. The van der Waals surface area contributed by atoms with Crippen LogP contribution in [0.3, 0.4) is 0 Å². The highest BCUT2D eigenvalue weighted by atomic mass is 35.5. The summed E-state index contributed by atoms with van der Waals surface area (Å²) < 4.78 is 21.7. The number of halogens is 1. The van der Waals surface area contributed by atoms with Crippen LogP contribution in [0.4, 0.5) is 0 Å². The maximum atomic E-state index is 12.8. The summed E-state index contributed by atoms with van der Waals surface area (Å²) in [5.41, 5.74) is 1.32. The Morgan fingerprint density at radius 3 is 2.29 bits per heavy atom. The molecule has 0 bridgehead atoms. The van der Waals surface area contributed by atoms with Crippen molar-refractivity contribution < 1.29 is 28.5 Å². The molecule has 0 radical (unpaired) electrons. The monoisotopic (exact) mass is 436 g/mol. The number of allylic oxidation sites excluding steroid dienone is 1. The summed E-state index contributed by atoms with van der Waals surface area (Å²) in [7, 11) is 2.91. The van der Waals surface area contributed by atoms with Crippen LogP contribution in [-0.2, 0) is 0 Å². The van der Waals surface area contributed by atoms with Gasteiger partial charge in [0.15, 0.2) is 5.76 Å². The van der Waals surface area contributed by atoms with Crippen LogP contribution in [0.5, 0.6) is 23.0 Å². The summed E-state index contributed by atoms with van der Waals surface area (Å²) in [4.78, 5) is 25.4. The molecular formula is C24H17ClO6. The molecule has 0 amide bonds. The fourth-order valence-electron chi connectivity index (χ4n) is 3.15. The Morgan fingerprint density at radius 1 is 0.968 bits per heavy atom. The van der Waals surface area contributed by atoms with E-state index in [2.05, 4.69) is 0 Å². The van der Waals surface area contributed by atoms with E-state index < -0.39 is 5.97 Å². The molecule has 156 valence electrons. The lowest BCUT2D eigenvalue weighted by Gasteiger charge is -2.12. The fraction of sp³-hybridized carbons (Fsp3) is 0.0833. The largest absolute Gasteiger partial charge is 0.496 e. The van der Waals surface area contributed by atoms with E-state index >= 15 is 0 Å². The minimum absolute atomic E-state index is 0.160. The standard InChI is InChI=1S/C24H17ClO6/c1-28-18-4-3-5-19(29-2)22(18)24(27)30-16-10-11-17-20(13-16)31-21(23(17)26)12-14-6-8-15(25)9-7-14/h3-13H,1-2H3/b21-12-. The Bertz CT molecular complexity index is 1170. The van der Waals surface area contributed by atoms with E-state index in [4.69, 9.17) is 30.5 Å². The molecule has 4 rings (SSSR count). The molecule has 3 aromatic carbocycles. The second kappa shape index (κ2) is 8.53. The smallest absolute Gasteiger partial charge is 0.351 e. The number of Topliss-reactive ketones (excluding diaryl/α,β-unsaturated/α-hetero) is 1. The first-order valence-electron chi connectivity index (χ1n) is 9.27. The van der Waals surface area contributed by atoms with Crippen molar-refractivity contribution in [2.45, 2.75) is 0 Å². The Balaban J connectivity index is 1.58. The maximum absolute atomic E-state index is 12.8. The normalized spacial score (nSPS) is 13.5. The van der Waals surface area contributed by atoms with Gasteiger partial charge in [0.25, 0.3) is 0 Å². The van der Waals surface area contributed by atoms with Gasteiger partial charge in [-0.2, -0.15) is 0 Å². The average molecular weight is 437 g/mol. The van der Waals surface area contributed by atoms with Crippen LogP contribution < -0.4 is 18.9 Å². The van der Waals surface area contributed by atoms with Gasteiger partial charge < -0.3 is 18.9 Å². The molecule has 0 unspecified atom stereocenters. The summed E-state index contributed by atoms with van der Waals surface area (Å²) in [6.07, 6.45) is 1.63. The Hall–Kier alpha value is -3.77. The lowest BCUT2D eigenvalue weighted by Crippen LogP contribution is -2.12. The summed E-state index contributed by atoms with van der Waals surface area (Å²) in [5, 5.41) is 0.599. The zero-order chi connectivity index (χ0) is 22.0. The molecule has 0 saturated carbocycles. The summed E-state index contributed by atoms with van der Waals surface area (Å²) in [6, 6.07) is 16.6. The number of ether oxygens (including phenoxy) is 4. The number of ketones is 1. The van der Waals surface area contributed by atoms with E-state index in [-0.39, 0.29) is 22.9 Å². The number of carbonyl (C=O) groups is 2. The van der Waals surface area contributed by atoms with Gasteiger partial charge in [0.2, 0.25) is 5.78 Å². The molecule has 0 N–H and O–H groups in total. The van der Waals surface area contributed by atoms with Crippen molar-refractivity contribution in [2.75, 3.05) is 14.2 Å². The molecule has 1 aliphatic heterocycles. The third kappa shape index (κ3) is 4.11. The Labute approximate surface area is 183 Å². The van der Waals surface area contributed by atoms with Crippen LogP contribution in [0.2, 0.25) is 5.02 Å². The maximum Gasteiger partial charge on any atom is 0.351 e. The van der Waals surface area contributed by atoms with Crippen molar-refractivity contribution >= 4 is 29.4 Å². The number of esters is 1. The van der Waals surface area contributed by atoms with Gasteiger partial charge in [-0.05, 0) is 48.0 Å². The molecular weight excluding hydrogens is 420 g/mol. The van der Waals surface area contributed by atoms with Crippen molar-refractivity contribution in [2.24, 2.45) is 0 Å². The van der Waals surface area contributed by atoms with Crippen molar-refractivity contribution in [1.82, 2.24) is 0 Å². The highest BCUT2D eigenvalue weighted by Crippen LogP contribution is 2.36. The van der Waals surface area contributed by atoms with Crippen molar-refractivity contribution in [3.8, 4) is 23.0 Å². The first-order chi connectivity index (χ1) is 15.0. The minimum atomic E-state index is -0.657. The number of hydrogen-bond donors (Lipinski definition) is 0. The molecule has 0 fully saturated rings. The molecule has 3 aromatic rings. The van der Waals surface area contributed by atoms with Crippen molar-refractivity contribution in [3.05, 3.63) is 88.1 Å². The van der Waals surface area contributed by atoms with E-state index in [0.717, 1.165) is 5.56 Å². The van der Waals surface area contributed by atoms with E-state index in [1.165, 1.54) is 26.4 Å². The molecule has 31 heavy (non-hydrogen) atoms. The molecule has 1 heterocycles. The molecule has 1 aliphatic rings. The minimum Gasteiger partial charge on any atom is -0.496 e. The Kier molecular flexibility index (Phi) is 5.64. The molecule has 0 saturated heterocycles. The first kappa shape index (κ1) is 20.5. The van der Waals surface area contributed by atoms with Gasteiger partial charge in [-0.1, -0.05) is 29.8 Å². The van der Waals surface area contributed by atoms with E-state index in [9.17, 15) is 9.59 Å². The Morgan fingerprint density at radius 2 is 1.65 bits per heavy atom. The molecule has 0 atom stereocenters. The second-order valence-corrected chi connectivity index (χ2v) is 7.01. The molecule has 0 aromatic heterocycles. The fourth-order valence-corrected chi connectivity index (χ4v) is 3.28. The van der Waals surface area contributed by atoms with Crippen molar-refractivity contribution in [3.63, 3.8) is 0 Å². The van der Waals surface area contributed by atoms with Gasteiger partial charge in [-0.15, -0.1) is 0 Å². The van der Waals surface area contributed by atoms with E-state index in [1.54, 1.807) is 54.6 Å². The lowest BCUT2D eigenvalue weighted by molar-refractivity contribution is 0.0727. The van der Waals surface area contributed by atoms with E-state index in [1.807, 2.05) is 0 Å². The van der Waals surface area contributed by atoms with Gasteiger partial charge >= 0.3 is 5.97 Å². The SMILES string of the molecule is COc1cccc(OC)c1C(=O)Oc1ccc2c(c1)O/C(=C\c1ccc(Cl)cc1)C2=O. The highest BCUT2D eigenvalue weighted by molar-refractivity contribution is 6.30. The summed E-state index contributed by atoms with van der Waals surface area (Å²) >= 11 is 5.90. The lowest BCUT2D eigenvalue weighted by atomic mass is 10.1. The number of rotatable bonds is 5. The third-order valence-corrected chi connectivity index (χ3v) is 4.90. The van der Waals surface area contributed by atoms with Crippen LogP contribution in [0, 0.1) is 0 Å². The molecule has 7 heteroatoms. The molecule has 0 spiro atoms. The first-order valence-corrected chi connectivity index (χ1v) is 9.65. The van der Waals surface area contributed by atoms with Gasteiger partial charge in [0.1, 0.15) is 28.6 Å². The predicted molar refractivity (Wildman–Crippen MR) is 115 cm³/mol. The summed E-state index contributed by atoms with van der Waals surface area (Å²) in [5.74, 6) is 0.437. The van der Waals surface area contributed by atoms with Crippen LogP contribution in [0.15, 0.2) is 66.4 Å². The molecule has 0 aliphatic carbocycles. The van der Waals surface area contributed by atoms with E-state index in [0.29, 0.717) is 27.8 Å². The summed E-state index contributed by atoms with van der Waals surface area (Å²) in [6.45, 7) is 0. The van der Waals surface area contributed by atoms with Gasteiger partial charge in [-0.3, -0.25) is 4.79 Å². The highest BCUT2D eigenvalue weighted by Gasteiger charge is 2.28. The average Bonchev–Trinajstić information content (AvgIpc) is 3.09. The van der Waals surface area contributed by atoms with Crippen LogP contribution in [0.1, 0.15) is 26.3 Å². The number of benzene rings is 3.